The minimum absolute atomic E-state index is 0.0190. The lowest BCUT2D eigenvalue weighted by Gasteiger charge is -2.17. The number of aromatic nitrogens is 1. The van der Waals surface area contributed by atoms with Gasteiger partial charge in [0.05, 0.1) is 5.56 Å². The summed E-state index contributed by atoms with van der Waals surface area (Å²) in [5, 5.41) is 2.91. The molecule has 0 aliphatic carbocycles. The van der Waals surface area contributed by atoms with Crippen LogP contribution in [-0.4, -0.2) is 11.5 Å². The van der Waals surface area contributed by atoms with Crippen LogP contribution in [0.25, 0.3) is 0 Å². The molecule has 0 fully saturated rings. The van der Waals surface area contributed by atoms with E-state index in [2.05, 4.69) is 29.6 Å². The zero-order chi connectivity index (χ0) is 14.6. The first-order valence-corrected chi connectivity index (χ1v) is 6.03. The van der Waals surface area contributed by atoms with Crippen LogP contribution in [0.2, 0.25) is 0 Å². The first-order valence-electron chi connectivity index (χ1n) is 6.03. The maximum absolute atomic E-state index is 12.7. The van der Waals surface area contributed by atoms with Gasteiger partial charge in [0.25, 0.3) is 0 Å². The zero-order valence-corrected chi connectivity index (χ0v) is 11.2. The number of anilines is 2. The van der Waals surface area contributed by atoms with Crippen LogP contribution in [0.15, 0.2) is 12.1 Å². The molecule has 0 saturated carbocycles. The fourth-order valence-corrected chi connectivity index (χ4v) is 1.36. The van der Waals surface area contributed by atoms with Crippen LogP contribution in [0.1, 0.15) is 26.3 Å². The summed E-state index contributed by atoms with van der Waals surface area (Å²) in [7, 11) is 0. The van der Waals surface area contributed by atoms with E-state index in [0.29, 0.717) is 18.4 Å². The lowest BCUT2D eigenvalue weighted by molar-refractivity contribution is -0.137. The van der Waals surface area contributed by atoms with Crippen molar-refractivity contribution >= 4 is 11.6 Å². The van der Waals surface area contributed by atoms with E-state index in [1.807, 2.05) is 6.92 Å². The summed E-state index contributed by atoms with van der Waals surface area (Å²) in [5.41, 5.74) is 1.36. The third kappa shape index (κ3) is 4.59. The molecule has 1 atom stereocenters. The highest BCUT2D eigenvalue weighted by atomic mass is 19.4. The molecule has 1 aromatic rings. The predicted octanol–water partition coefficient (Wildman–Crippen LogP) is 3.09. The number of nitrogen functional groups attached to an aromatic ring is 1. The van der Waals surface area contributed by atoms with Gasteiger partial charge in [-0.25, -0.2) is 10.8 Å². The molecule has 0 saturated heterocycles. The molecule has 0 radical (unpaired) electrons. The molecule has 1 heterocycles. The molecular weight excluding hydrogens is 257 g/mol. The molecule has 0 spiro atoms. The van der Waals surface area contributed by atoms with Crippen LogP contribution in [0.5, 0.6) is 0 Å². The Morgan fingerprint density at radius 2 is 1.79 bits per heavy atom. The Labute approximate surface area is 110 Å². The van der Waals surface area contributed by atoms with E-state index >= 15 is 0 Å². The number of halogens is 3. The van der Waals surface area contributed by atoms with Gasteiger partial charge in [0.2, 0.25) is 0 Å². The first-order chi connectivity index (χ1) is 8.74. The van der Waals surface area contributed by atoms with Crippen LogP contribution in [0.4, 0.5) is 24.8 Å². The number of nitrogens with one attached hydrogen (secondary N) is 2. The van der Waals surface area contributed by atoms with E-state index < -0.39 is 11.7 Å². The second kappa shape index (κ2) is 6.10. The molecule has 0 aliphatic rings. The van der Waals surface area contributed by atoms with E-state index in [1.54, 1.807) is 0 Å². The topological polar surface area (TPSA) is 63.0 Å². The van der Waals surface area contributed by atoms with E-state index in [4.69, 9.17) is 5.84 Å². The molecule has 0 bridgehead atoms. The molecule has 4 nitrogen and oxygen atoms in total. The lowest BCUT2D eigenvalue weighted by Crippen LogP contribution is -2.18. The second-order valence-corrected chi connectivity index (χ2v) is 4.87. The van der Waals surface area contributed by atoms with Crippen LogP contribution in [0.3, 0.4) is 0 Å². The van der Waals surface area contributed by atoms with E-state index in [9.17, 15) is 13.2 Å². The van der Waals surface area contributed by atoms with Gasteiger partial charge in [-0.1, -0.05) is 20.8 Å². The summed E-state index contributed by atoms with van der Waals surface area (Å²) >= 11 is 0. The predicted molar refractivity (Wildman–Crippen MR) is 69.5 cm³/mol. The Kier molecular flexibility index (Phi) is 4.99. The molecule has 4 N–H and O–H groups in total. The summed E-state index contributed by atoms with van der Waals surface area (Å²) in [6.45, 7) is 6.68. The molecule has 1 aromatic heterocycles. The number of hydrazine groups is 1. The zero-order valence-electron chi connectivity index (χ0n) is 11.2. The number of alkyl halides is 3. The third-order valence-corrected chi connectivity index (χ3v) is 3.04. The SMILES string of the molecule is CC(C)C(C)CNc1cc(C(F)(F)F)cc(NN)n1. The highest BCUT2D eigenvalue weighted by Crippen LogP contribution is 2.31. The van der Waals surface area contributed by atoms with E-state index in [1.165, 1.54) is 0 Å². The van der Waals surface area contributed by atoms with Crippen molar-refractivity contribution < 1.29 is 13.2 Å². The average molecular weight is 276 g/mol. The highest BCUT2D eigenvalue weighted by Gasteiger charge is 2.31. The van der Waals surface area contributed by atoms with Crippen LogP contribution in [0, 0.1) is 11.8 Å². The van der Waals surface area contributed by atoms with Crippen molar-refractivity contribution in [3.05, 3.63) is 17.7 Å². The molecule has 1 rings (SSSR count). The number of nitrogens with two attached hydrogens (primary N) is 1. The number of rotatable bonds is 5. The van der Waals surface area contributed by atoms with Crippen molar-refractivity contribution in [1.29, 1.82) is 0 Å². The molecule has 0 aliphatic heterocycles. The summed E-state index contributed by atoms with van der Waals surface area (Å²) < 4.78 is 38.1. The van der Waals surface area contributed by atoms with Gasteiger partial charge in [-0.2, -0.15) is 13.2 Å². The monoisotopic (exact) mass is 276 g/mol. The fraction of sp³-hybridized carbons (Fsp3) is 0.583. The quantitative estimate of drug-likeness (QED) is 0.571. The number of pyridine rings is 1. The molecule has 108 valence electrons. The first kappa shape index (κ1) is 15.6. The molecule has 0 aromatic carbocycles. The van der Waals surface area contributed by atoms with Gasteiger partial charge >= 0.3 is 6.18 Å². The smallest absolute Gasteiger partial charge is 0.370 e. The van der Waals surface area contributed by atoms with Crippen molar-refractivity contribution in [1.82, 2.24) is 4.98 Å². The molecule has 7 heteroatoms. The van der Waals surface area contributed by atoms with Gasteiger partial charge < -0.3 is 10.7 Å². The number of hydrogen-bond acceptors (Lipinski definition) is 4. The van der Waals surface area contributed by atoms with Crippen molar-refractivity contribution in [3.8, 4) is 0 Å². The maximum atomic E-state index is 12.7. The molecule has 1 unspecified atom stereocenters. The number of nitrogens with zero attached hydrogens (tertiary/aromatic N) is 1. The van der Waals surface area contributed by atoms with Gasteiger partial charge in [0.15, 0.2) is 0 Å². The summed E-state index contributed by atoms with van der Waals surface area (Å²) in [6.07, 6.45) is -4.42. The van der Waals surface area contributed by atoms with Crippen molar-refractivity contribution in [2.24, 2.45) is 17.7 Å². The minimum atomic E-state index is -4.42. The maximum Gasteiger partial charge on any atom is 0.416 e. The van der Waals surface area contributed by atoms with Gasteiger partial charge in [0.1, 0.15) is 11.6 Å². The minimum Gasteiger partial charge on any atom is -0.370 e. The van der Waals surface area contributed by atoms with Crippen molar-refractivity contribution in [2.45, 2.75) is 26.9 Å². The van der Waals surface area contributed by atoms with Crippen LogP contribution >= 0.6 is 0 Å². The largest absolute Gasteiger partial charge is 0.416 e. The van der Waals surface area contributed by atoms with Gasteiger partial charge in [-0.15, -0.1) is 0 Å². The Hall–Kier alpha value is -1.50. The average Bonchev–Trinajstić information content (AvgIpc) is 2.34. The highest BCUT2D eigenvalue weighted by molar-refractivity contribution is 5.49. The Morgan fingerprint density at radius 3 is 2.26 bits per heavy atom. The normalized spacial score (nSPS) is 13.5. The van der Waals surface area contributed by atoms with Gasteiger partial charge in [0, 0.05) is 6.54 Å². The summed E-state index contributed by atoms with van der Waals surface area (Å²) in [4.78, 5) is 3.95. The second-order valence-electron chi connectivity index (χ2n) is 4.87. The lowest BCUT2D eigenvalue weighted by atomic mass is 9.98. The van der Waals surface area contributed by atoms with Crippen molar-refractivity contribution in [2.75, 3.05) is 17.3 Å². The van der Waals surface area contributed by atoms with E-state index in [0.717, 1.165) is 12.1 Å². The van der Waals surface area contributed by atoms with Gasteiger partial charge in [-0.3, -0.25) is 0 Å². The molecule has 19 heavy (non-hydrogen) atoms. The fourth-order valence-electron chi connectivity index (χ4n) is 1.36. The summed E-state index contributed by atoms with van der Waals surface area (Å²) in [5.74, 6) is 6.03. The Morgan fingerprint density at radius 1 is 1.21 bits per heavy atom. The molecule has 0 amide bonds. The Balaban J connectivity index is 2.89. The summed E-state index contributed by atoms with van der Waals surface area (Å²) in [6, 6.07) is 1.85. The third-order valence-electron chi connectivity index (χ3n) is 3.04. The van der Waals surface area contributed by atoms with Crippen molar-refractivity contribution in [3.63, 3.8) is 0 Å². The van der Waals surface area contributed by atoms with E-state index in [-0.39, 0.29) is 11.6 Å². The van der Waals surface area contributed by atoms with Crippen LogP contribution in [-0.2, 0) is 6.18 Å². The Bertz CT molecular complexity index is 418. The van der Waals surface area contributed by atoms with Crippen LogP contribution < -0.4 is 16.6 Å². The van der Waals surface area contributed by atoms with Gasteiger partial charge in [-0.05, 0) is 24.0 Å². The number of hydrogen-bond donors (Lipinski definition) is 3. The molecular formula is C12H19F3N4. The standard InChI is InChI=1S/C12H19F3N4/c1-7(2)8(3)6-17-10-4-9(12(13,14)15)5-11(18-10)19-16/h4-5,7-8H,6,16H2,1-3H3,(H2,17,18,19).